The Balaban J connectivity index is 2.08. The van der Waals surface area contributed by atoms with Crippen LogP contribution in [0.5, 0.6) is 0 Å². The Bertz CT molecular complexity index is 747. The van der Waals surface area contributed by atoms with Crippen LogP contribution < -0.4 is 11.1 Å². The smallest absolute Gasteiger partial charge is 0.407 e. The first-order valence-electron chi connectivity index (χ1n) is 7.07. The van der Waals surface area contributed by atoms with Gasteiger partial charge in [0, 0.05) is 25.6 Å². The molecule has 1 N–H and O–H groups in total. The monoisotopic (exact) mass is 307 g/mol. The van der Waals surface area contributed by atoms with Gasteiger partial charge >= 0.3 is 5.76 Å². The minimum atomic E-state index is -0.579. The zero-order valence-electron chi connectivity index (χ0n) is 12.2. The van der Waals surface area contributed by atoms with E-state index >= 15 is 0 Å². The molecule has 0 aliphatic heterocycles. The van der Waals surface area contributed by atoms with E-state index in [-0.39, 0.29) is 17.2 Å². The predicted octanol–water partition coefficient (Wildman–Crippen LogP) is 1.81. The van der Waals surface area contributed by atoms with Crippen molar-refractivity contribution in [3.05, 3.63) is 38.9 Å². The molecule has 0 fully saturated rings. The van der Waals surface area contributed by atoms with Crippen molar-refractivity contribution in [1.82, 2.24) is 9.88 Å². The fraction of sp³-hybridized carbons (Fsp3) is 0.429. The lowest BCUT2D eigenvalue weighted by Crippen LogP contribution is -2.24. The lowest BCUT2D eigenvalue weighted by atomic mass is 10.2. The first-order chi connectivity index (χ1) is 10.5. The number of nitrogens with one attached hydrogen (secondary N) is 1. The summed E-state index contributed by atoms with van der Waals surface area (Å²) < 4.78 is 6.40. The number of nitrogens with zero attached hydrogens (tertiary/aromatic N) is 2. The quantitative estimate of drug-likeness (QED) is 0.620. The lowest BCUT2D eigenvalue weighted by Gasteiger charge is -2.04. The molecule has 8 nitrogen and oxygen atoms in total. The maximum absolute atomic E-state index is 11.8. The number of fused-ring (bicyclic) bond motifs is 1. The van der Waals surface area contributed by atoms with Crippen molar-refractivity contribution in [2.75, 3.05) is 6.54 Å². The van der Waals surface area contributed by atoms with Crippen molar-refractivity contribution in [3.63, 3.8) is 0 Å². The van der Waals surface area contributed by atoms with Crippen molar-refractivity contribution >= 4 is 22.7 Å². The van der Waals surface area contributed by atoms with Crippen LogP contribution in [0.2, 0.25) is 0 Å². The van der Waals surface area contributed by atoms with Gasteiger partial charge in [-0.15, -0.1) is 0 Å². The molecule has 0 saturated carbocycles. The highest BCUT2D eigenvalue weighted by molar-refractivity contribution is 5.76. The van der Waals surface area contributed by atoms with Gasteiger partial charge in [-0.3, -0.25) is 19.5 Å². The lowest BCUT2D eigenvalue weighted by molar-refractivity contribution is -0.384. The molecule has 2 rings (SSSR count). The number of aryl methyl sites for hydroxylation is 1. The second kappa shape index (κ2) is 6.88. The summed E-state index contributed by atoms with van der Waals surface area (Å²) in [4.78, 5) is 33.5. The molecule has 0 unspecified atom stereocenters. The molecule has 0 radical (unpaired) electrons. The van der Waals surface area contributed by atoms with E-state index in [1.807, 2.05) is 6.92 Å². The van der Waals surface area contributed by atoms with Crippen LogP contribution in [0.25, 0.3) is 11.1 Å². The van der Waals surface area contributed by atoms with E-state index in [0.29, 0.717) is 31.4 Å². The number of nitro groups is 1. The number of hydrogen-bond donors (Lipinski definition) is 1. The third-order valence-electron chi connectivity index (χ3n) is 3.22. The maximum atomic E-state index is 11.8. The largest absolute Gasteiger partial charge is 0.419 e. The van der Waals surface area contributed by atoms with Crippen molar-refractivity contribution < 1.29 is 14.1 Å². The van der Waals surface area contributed by atoms with Crippen LogP contribution in [0.3, 0.4) is 0 Å². The highest BCUT2D eigenvalue weighted by atomic mass is 16.6. The zero-order valence-corrected chi connectivity index (χ0v) is 12.2. The van der Waals surface area contributed by atoms with Gasteiger partial charge in [-0.1, -0.05) is 6.92 Å². The molecule has 0 aliphatic carbocycles. The number of nitro benzene ring substituents is 1. The fourth-order valence-electron chi connectivity index (χ4n) is 2.13. The standard InChI is InChI=1S/C14H17N3O5/c1-2-7-15-13(18)4-3-8-16-11-6-5-10(17(20)21)9-12(11)22-14(16)19/h5-6,9H,2-4,7-8H2,1H3,(H,15,18). The summed E-state index contributed by atoms with van der Waals surface area (Å²) in [5.41, 5.74) is 0.534. The van der Waals surface area contributed by atoms with E-state index in [0.717, 1.165) is 6.42 Å². The molecule has 1 aromatic carbocycles. The molecule has 22 heavy (non-hydrogen) atoms. The van der Waals surface area contributed by atoms with Gasteiger partial charge in [0.25, 0.3) is 5.69 Å². The van der Waals surface area contributed by atoms with Crippen LogP contribution in [0.15, 0.2) is 27.4 Å². The summed E-state index contributed by atoms with van der Waals surface area (Å²) in [5, 5.41) is 13.5. The van der Waals surface area contributed by atoms with E-state index in [4.69, 9.17) is 4.42 Å². The van der Waals surface area contributed by atoms with E-state index in [1.54, 1.807) is 0 Å². The second-order valence-corrected chi connectivity index (χ2v) is 4.88. The Hall–Kier alpha value is -2.64. The number of carbonyl (C=O) groups is 1. The molecule has 1 heterocycles. The van der Waals surface area contributed by atoms with Gasteiger partial charge in [-0.05, 0) is 18.9 Å². The SMILES string of the molecule is CCCNC(=O)CCCn1c(=O)oc2cc([N+](=O)[O-])ccc21. The number of carbonyl (C=O) groups excluding carboxylic acids is 1. The molecule has 2 aromatic rings. The molecule has 0 spiro atoms. The molecular formula is C14H17N3O5. The Morgan fingerprint density at radius 3 is 2.91 bits per heavy atom. The number of rotatable bonds is 7. The van der Waals surface area contributed by atoms with Crippen molar-refractivity contribution in [1.29, 1.82) is 0 Å². The normalized spacial score (nSPS) is 10.8. The van der Waals surface area contributed by atoms with Gasteiger partial charge in [0.15, 0.2) is 5.58 Å². The van der Waals surface area contributed by atoms with Gasteiger partial charge in [0.2, 0.25) is 5.91 Å². The average Bonchev–Trinajstić information content (AvgIpc) is 2.80. The van der Waals surface area contributed by atoms with Crippen LogP contribution in [-0.4, -0.2) is 21.9 Å². The number of non-ortho nitro benzene ring substituents is 1. The average molecular weight is 307 g/mol. The third kappa shape index (κ3) is 3.51. The van der Waals surface area contributed by atoms with Crippen LogP contribution in [0, 0.1) is 10.1 Å². The Kier molecular flexibility index (Phi) is 4.92. The van der Waals surface area contributed by atoms with E-state index in [1.165, 1.54) is 22.8 Å². The summed E-state index contributed by atoms with van der Waals surface area (Å²) in [6, 6.07) is 4.03. The highest BCUT2D eigenvalue weighted by Crippen LogP contribution is 2.20. The molecule has 8 heteroatoms. The molecule has 1 amide bonds. The Morgan fingerprint density at radius 2 is 2.23 bits per heavy atom. The summed E-state index contributed by atoms with van der Waals surface area (Å²) in [6.45, 7) is 2.93. The zero-order chi connectivity index (χ0) is 16.1. The number of oxazole rings is 1. The van der Waals surface area contributed by atoms with Gasteiger partial charge in [0.05, 0.1) is 16.5 Å². The van der Waals surface area contributed by atoms with Crippen LogP contribution in [-0.2, 0) is 11.3 Å². The van der Waals surface area contributed by atoms with Gasteiger partial charge in [0.1, 0.15) is 0 Å². The molecule has 0 atom stereocenters. The van der Waals surface area contributed by atoms with Crippen LogP contribution in [0.1, 0.15) is 26.2 Å². The fourth-order valence-corrected chi connectivity index (χ4v) is 2.13. The van der Waals surface area contributed by atoms with E-state index in [9.17, 15) is 19.7 Å². The third-order valence-corrected chi connectivity index (χ3v) is 3.22. The number of benzene rings is 1. The van der Waals surface area contributed by atoms with Gasteiger partial charge < -0.3 is 9.73 Å². The van der Waals surface area contributed by atoms with Crippen LogP contribution in [0.4, 0.5) is 5.69 Å². The minimum Gasteiger partial charge on any atom is -0.407 e. The second-order valence-electron chi connectivity index (χ2n) is 4.88. The first kappa shape index (κ1) is 15.7. The van der Waals surface area contributed by atoms with Gasteiger partial charge in [-0.2, -0.15) is 0 Å². The topological polar surface area (TPSA) is 107 Å². The molecule has 118 valence electrons. The highest BCUT2D eigenvalue weighted by Gasteiger charge is 2.14. The minimum absolute atomic E-state index is 0.0571. The first-order valence-corrected chi connectivity index (χ1v) is 7.07. The summed E-state index contributed by atoms with van der Waals surface area (Å²) in [5.74, 6) is -0.636. The van der Waals surface area contributed by atoms with E-state index in [2.05, 4.69) is 5.32 Å². The molecule has 0 bridgehead atoms. The van der Waals surface area contributed by atoms with Crippen LogP contribution >= 0.6 is 0 Å². The van der Waals surface area contributed by atoms with Gasteiger partial charge in [-0.25, -0.2) is 4.79 Å². The summed E-state index contributed by atoms with van der Waals surface area (Å²) >= 11 is 0. The summed E-state index contributed by atoms with van der Waals surface area (Å²) in [7, 11) is 0. The molecule has 1 aromatic heterocycles. The molecule has 0 saturated heterocycles. The number of aromatic nitrogens is 1. The summed E-state index contributed by atoms with van der Waals surface area (Å²) in [6.07, 6.45) is 1.67. The van der Waals surface area contributed by atoms with E-state index < -0.39 is 10.7 Å². The number of amides is 1. The van der Waals surface area contributed by atoms with Crippen molar-refractivity contribution in [2.24, 2.45) is 0 Å². The Labute approximate surface area is 125 Å². The predicted molar refractivity (Wildman–Crippen MR) is 79.7 cm³/mol. The Morgan fingerprint density at radius 1 is 1.45 bits per heavy atom. The molecular weight excluding hydrogens is 290 g/mol. The van der Waals surface area contributed by atoms with Crippen molar-refractivity contribution in [3.8, 4) is 0 Å². The molecule has 0 aliphatic rings. The number of hydrogen-bond acceptors (Lipinski definition) is 5. The van der Waals surface area contributed by atoms with Crippen molar-refractivity contribution in [2.45, 2.75) is 32.7 Å². The maximum Gasteiger partial charge on any atom is 0.419 e.